The highest BCUT2D eigenvalue weighted by molar-refractivity contribution is 5.93. The van der Waals surface area contributed by atoms with Crippen molar-refractivity contribution in [3.63, 3.8) is 0 Å². The molecule has 2 aromatic rings. The van der Waals surface area contributed by atoms with E-state index in [9.17, 15) is 9.59 Å². The van der Waals surface area contributed by atoms with Crippen molar-refractivity contribution in [2.45, 2.75) is 64.2 Å². The zero-order valence-corrected chi connectivity index (χ0v) is 18.0. The molecule has 4 aliphatic rings. The summed E-state index contributed by atoms with van der Waals surface area (Å²) in [6.45, 7) is 0.806. The van der Waals surface area contributed by atoms with Crippen LogP contribution >= 0.6 is 0 Å². The van der Waals surface area contributed by atoms with Gasteiger partial charge < -0.3 is 10.4 Å². The number of pyridine rings is 1. The van der Waals surface area contributed by atoms with Gasteiger partial charge in [0.25, 0.3) is 5.91 Å². The Hall–Kier alpha value is -2.37. The fourth-order valence-electron chi connectivity index (χ4n) is 8.05. The van der Waals surface area contributed by atoms with Gasteiger partial charge in [0, 0.05) is 19.2 Å². The number of aliphatic carboxylic acids is 1. The largest absolute Gasteiger partial charge is 0.481 e. The molecular formula is C25H31N3O3. The maximum atomic E-state index is 13.2. The minimum absolute atomic E-state index is 0.0129. The topological polar surface area (TPSA) is 83.7 Å². The van der Waals surface area contributed by atoms with E-state index in [-0.39, 0.29) is 12.3 Å². The molecule has 2 N–H and O–H groups in total. The standard InChI is InChI=1S/C25H31N3O3/c29-22(30)7-2-1-4-19-13-28-20(5-3-6-21(28)27-19)23(31)26-15-24-10-16-8-17-9-18(12-24)25(17,11-16)14-24/h3,5-6,13,16-18H,1-2,4,7-12,14-15H2,(H,26,31)(H,29,30). The van der Waals surface area contributed by atoms with Crippen LogP contribution in [0.25, 0.3) is 5.65 Å². The first kappa shape index (κ1) is 19.3. The molecule has 6 rings (SSSR count). The molecule has 164 valence electrons. The number of carboxylic acid groups (broad SMARTS) is 1. The number of aromatic nitrogens is 2. The predicted octanol–water partition coefficient (Wildman–Crippen LogP) is 4.08. The van der Waals surface area contributed by atoms with Crippen LogP contribution in [0.4, 0.5) is 0 Å². The fourth-order valence-corrected chi connectivity index (χ4v) is 8.05. The van der Waals surface area contributed by atoms with Crippen LogP contribution in [-0.4, -0.2) is 32.9 Å². The van der Waals surface area contributed by atoms with E-state index in [0.29, 0.717) is 22.9 Å². The number of nitrogens with zero attached hydrogens (tertiary/aromatic N) is 2. The van der Waals surface area contributed by atoms with E-state index in [4.69, 9.17) is 5.11 Å². The molecule has 6 nitrogen and oxygen atoms in total. The highest BCUT2D eigenvalue weighted by atomic mass is 16.4. The summed E-state index contributed by atoms with van der Waals surface area (Å²) in [7, 11) is 0. The molecule has 6 heteroatoms. The maximum Gasteiger partial charge on any atom is 0.303 e. The number of unbranched alkanes of at least 4 members (excludes halogenated alkanes) is 1. The van der Waals surface area contributed by atoms with Gasteiger partial charge in [0.05, 0.1) is 5.69 Å². The lowest BCUT2D eigenvalue weighted by atomic mass is 9.55. The molecule has 3 bridgehead atoms. The normalized spacial score (nSPS) is 34.6. The van der Waals surface area contributed by atoms with Crippen LogP contribution in [0.5, 0.6) is 0 Å². The summed E-state index contributed by atoms with van der Waals surface area (Å²) in [5.41, 5.74) is 3.29. The molecule has 5 unspecified atom stereocenters. The van der Waals surface area contributed by atoms with E-state index in [0.717, 1.165) is 48.5 Å². The summed E-state index contributed by atoms with van der Waals surface area (Å²) >= 11 is 0. The minimum Gasteiger partial charge on any atom is -0.481 e. The van der Waals surface area contributed by atoms with Crippen LogP contribution in [0.15, 0.2) is 24.4 Å². The Balaban J connectivity index is 1.14. The molecule has 0 saturated heterocycles. The first-order valence-corrected chi connectivity index (χ1v) is 11.9. The minimum atomic E-state index is -0.759. The Kier molecular flexibility index (Phi) is 4.25. The van der Waals surface area contributed by atoms with Gasteiger partial charge in [-0.3, -0.25) is 14.0 Å². The summed E-state index contributed by atoms with van der Waals surface area (Å²) in [4.78, 5) is 28.5. The average molecular weight is 422 g/mol. The van der Waals surface area contributed by atoms with Crippen LogP contribution in [0.1, 0.15) is 74.0 Å². The van der Waals surface area contributed by atoms with Crippen molar-refractivity contribution >= 4 is 17.5 Å². The number of aryl methyl sites for hydroxylation is 1. The predicted molar refractivity (Wildman–Crippen MR) is 116 cm³/mol. The summed E-state index contributed by atoms with van der Waals surface area (Å²) < 4.78 is 1.89. The molecule has 4 fully saturated rings. The smallest absolute Gasteiger partial charge is 0.303 e. The van der Waals surface area contributed by atoms with Crippen molar-refractivity contribution in [1.82, 2.24) is 14.7 Å². The van der Waals surface area contributed by atoms with Crippen molar-refractivity contribution in [2.75, 3.05) is 6.54 Å². The molecule has 1 spiro atoms. The number of rotatable bonds is 8. The van der Waals surface area contributed by atoms with Gasteiger partial charge in [0.1, 0.15) is 11.3 Å². The van der Waals surface area contributed by atoms with Crippen molar-refractivity contribution in [3.8, 4) is 0 Å². The monoisotopic (exact) mass is 421 g/mol. The quantitative estimate of drug-likeness (QED) is 0.629. The van der Waals surface area contributed by atoms with Crippen LogP contribution < -0.4 is 5.32 Å². The number of carboxylic acids is 1. The van der Waals surface area contributed by atoms with Gasteiger partial charge >= 0.3 is 5.97 Å². The molecule has 0 aromatic carbocycles. The summed E-state index contributed by atoms with van der Waals surface area (Å²) in [5, 5.41) is 12.1. The van der Waals surface area contributed by atoms with E-state index in [1.54, 1.807) is 0 Å². The molecule has 1 amide bonds. The lowest BCUT2D eigenvalue weighted by Gasteiger charge is -2.49. The molecule has 0 aliphatic heterocycles. The number of amides is 1. The van der Waals surface area contributed by atoms with Gasteiger partial charge in [0.2, 0.25) is 0 Å². The number of hydrogen-bond acceptors (Lipinski definition) is 3. The van der Waals surface area contributed by atoms with E-state index < -0.39 is 5.97 Å². The average Bonchev–Trinajstić information content (AvgIpc) is 3.30. The van der Waals surface area contributed by atoms with Gasteiger partial charge in [0.15, 0.2) is 0 Å². The van der Waals surface area contributed by atoms with Crippen LogP contribution in [0.2, 0.25) is 0 Å². The first-order valence-electron chi connectivity index (χ1n) is 11.9. The molecule has 31 heavy (non-hydrogen) atoms. The number of fused-ring (bicyclic) bond motifs is 3. The van der Waals surface area contributed by atoms with Gasteiger partial charge in [-0.05, 0) is 98.5 Å². The van der Waals surface area contributed by atoms with E-state index in [1.807, 2.05) is 28.8 Å². The highest BCUT2D eigenvalue weighted by Gasteiger charge is 2.70. The summed E-state index contributed by atoms with van der Waals surface area (Å²) in [6.07, 6.45) is 12.6. The second-order valence-corrected chi connectivity index (χ2v) is 10.9. The van der Waals surface area contributed by atoms with Crippen molar-refractivity contribution in [2.24, 2.45) is 28.6 Å². The molecule has 5 atom stereocenters. The molecule has 4 saturated carbocycles. The van der Waals surface area contributed by atoms with Gasteiger partial charge in [-0.2, -0.15) is 0 Å². The molecule has 2 heterocycles. The molecule has 2 aromatic heterocycles. The Morgan fingerprint density at radius 1 is 1.16 bits per heavy atom. The third kappa shape index (κ3) is 3.01. The zero-order valence-electron chi connectivity index (χ0n) is 18.0. The summed E-state index contributed by atoms with van der Waals surface area (Å²) in [6, 6.07) is 5.68. The Labute approximate surface area is 182 Å². The maximum absolute atomic E-state index is 13.2. The third-order valence-electron chi connectivity index (χ3n) is 9.06. The molecular weight excluding hydrogens is 390 g/mol. The third-order valence-corrected chi connectivity index (χ3v) is 9.06. The molecule has 4 aliphatic carbocycles. The van der Waals surface area contributed by atoms with E-state index >= 15 is 0 Å². The lowest BCUT2D eigenvalue weighted by molar-refractivity contribution is -0.137. The lowest BCUT2D eigenvalue weighted by Crippen LogP contribution is -2.43. The van der Waals surface area contributed by atoms with Gasteiger partial charge in [-0.1, -0.05) is 6.07 Å². The highest BCUT2D eigenvalue weighted by Crippen LogP contribution is 2.78. The Morgan fingerprint density at radius 2 is 2.06 bits per heavy atom. The van der Waals surface area contributed by atoms with Crippen LogP contribution in [-0.2, 0) is 11.2 Å². The van der Waals surface area contributed by atoms with Gasteiger partial charge in [-0.15, -0.1) is 0 Å². The van der Waals surface area contributed by atoms with Gasteiger partial charge in [-0.25, -0.2) is 4.98 Å². The number of hydrogen-bond donors (Lipinski definition) is 2. The van der Waals surface area contributed by atoms with Crippen LogP contribution in [0.3, 0.4) is 0 Å². The SMILES string of the molecule is O=C(O)CCCCc1cn2c(C(=O)NCC34CC5CC6CC(C3)C6(C5)C4)cccc2n1. The summed E-state index contributed by atoms with van der Waals surface area (Å²) in [5.74, 6) is 2.02. The zero-order chi connectivity index (χ0) is 21.2. The van der Waals surface area contributed by atoms with Crippen molar-refractivity contribution in [3.05, 3.63) is 35.8 Å². The number of imidazole rings is 1. The second kappa shape index (κ2) is 6.81. The second-order valence-electron chi connectivity index (χ2n) is 10.9. The Bertz CT molecular complexity index is 1060. The number of carbonyl (C=O) groups excluding carboxylic acids is 1. The molecule has 0 radical (unpaired) electrons. The van der Waals surface area contributed by atoms with Crippen molar-refractivity contribution < 1.29 is 14.7 Å². The van der Waals surface area contributed by atoms with E-state index in [2.05, 4.69) is 10.3 Å². The number of carbonyl (C=O) groups is 2. The van der Waals surface area contributed by atoms with Crippen LogP contribution in [0, 0.1) is 28.6 Å². The Morgan fingerprint density at radius 3 is 2.94 bits per heavy atom. The fraction of sp³-hybridized carbons (Fsp3) is 0.640. The van der Waals surface area contributed by atoms with E-state index in [1.165, 1.54) is 38.5 Å². The van der Waals surface area contributed by atoms with Crippen molar-refractivity contribution in [1.29, 1.82) is 0 Å². The first-order chi connectivity index (χ1) is 15.0. The number of nitrogens with one attached hydrogen (secondary N) is 1.